The summed E-state index contributed by atoms with van der Waals surface area (Å²) in [7, 11) is 1.76. The second-order valence-electron chi connectivity index (χ2n) is 6.50. The minimum Gasteiger partial charge on any atom is -0.486 e. The maximum atomic E-state index is 11.8. The predicted octanol–water partition coefficient (Wildman–Crippen LogP) is 2.62. The number of ether oxygens (including phenoxy) is 3. The lowest BCUT2D eigenvalue weighted by Gasteiger charge is -2.35. The number of carbonyl (C=O) groups is 1. The van der Waals surface area contributed by atoms with E-state index in [-0.39, 0.29) is 30.1 Å². The molecule has 0 spiro atoms. The minimum absolute atomic E-state index is 0. The Morgan fingerprint density at radius 1 is 1.21 bits per heavy atom. The van der Waals surface area contributed by atoms with E-state index in [0.29, 0.717) is 69.1 Å². The molecule has 0 saturated carbocycles. The highest BCUT2D eigenvalue weighted by Crippen LogP contribution is 2.38. The van der Waals surface area contributed by atoms with Crippen molar-refractivity contribution >= 4 is 47.6 Å². The van der Waals surface area contributed by atoms with Crippen molar-refractivity contribution in [2.75, 3.05) is 59.6 Å². The Bertz CT molecular complexity index is 726. The molecule has 0 aliphatic carbocycles. The van der Waals surface area contributed by atoms with Gasteiger partial charge in [-0.1, -0.05) is 11.6 Å². The van der Waals surface area contributed by atoms with Gasteiger partial charge in [-0.15, -0.1) is 24.0 Å². The van der Waals surface area contributed by atoms with Crippen LogP contribution in [0.3, 0.4) is 0 Å². The van der Waals surface area contributed by atoms with Crippen LogP contribution in [0.2, 0.25) is 5.02 Å². The number of benzene rings is 1. The van der Waals surface area contributed by atoms with E-state index in [2.05, 4.69) is 15.2 Å². The van der Waals surface area contributed by atoms with Crippen LogP contribution in [0.1, 0.15) is 12.5 Å². The number of guanidine groups is 1. The average Bonchev–Trinajstić information content (AvgIpc) is 2.72. The Hall–Kier alpha value is -1.62. The second-order valence-corrected chi connectivity index (χ2v) is 6.91. The van der Waals surface area contributed by atoms with Crippen LogP contribution in [0.15, 0.2) is 17.1 Å². The topological polar surface area (TPSA) is 75.6 Å². The molecule has 3 rings (SSSR count). The number of hydrogen-bond acceptors (Lipinski definition) is 5. The standard InChI is InChI=1S/C19H27ClN4O4.HI/c1-3-26-19(25)24-8-6-23(7-9-24)18(21-2)22-5-4-14-12-15(20)17-16(13-14)27-10-11-28-17;/h12-13H,3-11H2,1-2H3,(H,21,22);1H. The number of carbonyl (C=O) groups excluding carboxylic acids is 1. The first kappa shape index (κ1) is 23.7. The van der Waals surface area contributed by atoms with Gasteiger partial charge in [-0.05, 0) is 31.0 Å². The molecular weight excluding hydrogens is 511 g/mol. The Labute approximate surface area is 193 Å². The van der Waals surface area contributed by atoms with Crippen LogP contribution in [-0.2, 0) is 11.2 Å². The van der Waals surface area contributed by atoms with Gasteiger partial charge in [-0.2, -0.15) is 0 Å². The molecule has 162 valence electrons. The van der Waals surface area contributed by atoms with Gasteiger partial charge in [-0.3, -0.25) is 4.99 Å². The number of fused-ring (bicyclic) bond motifs is 1. The van der Waals surface area contributed by atoms with Crippen molar-refractivity contribution in [3.8, 4) is 11.5 Å². The maximum absolute atomic E-state index is 11.8. The zero-order valence-corrected chi connectivity index (χ0v) is 19.9. The number of piperazine rings is 1. The van der Waals surface area contributed by atoms with Crippen LogP contribution in [0, 0.1) is 0 Å². The van der Waals surface area contributed by atoms with Gasteiger partial charge < -0.3 is 29.3 Å². The monoisotopic (exact) mass is 538 g/mol. The van der Waals surface area contributed by atoms with Gasteiger partial charge in [0.15, 0.2) is 17.5 Å². The lowest BCUT2D eigenvalue weighted by Crippen LogP contribution is -2.54. The Morgan fingerprint density at radius 3 is 2.59 bits per heavy atom. The van der Waals surface area contributed by atoms with Crippen molar-refractivity contribution in [3.05, 3.63) is 22.7 Å². The molecule has 2 heterocycles. The lowest BCUT2D eigenvalue weighted by atomic mass is 10.1. The van der Waals surface area contributed by atoms with E-state index in [1.165, 1.54) is 0 Å². The van der Waals surface area contributed by atoms with Crippen LogP contribution in [0.25, 0.3) is 0 Å². The molecule has 0 radical (unpaired) electrons. The van der Waals surface area contributed by atoms with Gasteiger partial charge in [0.25, 0.3) is 0 Å². The molecule has 0 atom stereocenters. The molecule has 1 fully saturated rings. The fourth-order valence-corrected chi connectivity index (χ4v) is 3.56. The molecule has 1 saturated heterocycles. The summed E-state index contributed by atoms with van der Waals surface area (Å²) < 4.78 is 16.2. The maximum Gasteiger partial charge on any atom is 0.409 e. The van der Waals surface area contributed by atoms with E-state index >= 15 is 0 Å². The quantitative estimate of drug-likeness (QED) is 0.361. The van der Waals surface area contributed by atoms with Crippen molar-refractivity contribution in [3.63, 3.8) is 0 Å². The fraction of sp³-hybridized carbons (Fsp3) is 0.579. The van der Waals surface area contributed by atoms with Crippen molar-refractivity contribution in [1.82, 2.24) is 15.1 Å². The van der Waals surface area contributed by atoms with E-state index in [1.807, 2.05) is 19.1 Å². The summed E-state index contributed by atoms with van der Waals surface area (Å²) in [6.07, 6.45) is 0.527. The first-order valence-electron chi connectivity index (χ1n) is 9.57. The zero-order chi connectivity index (χ0) is 19.9. The number of hydrogen-bond donors (Lipinski definition) is 1. The van der Waals surface area contributed by atoms with E-state index < -0.39 is 0 Å². The van der Waals surface area contributed by atoms with E-state index in [1.54, 1.807) is 11.9 Å². The third kappa shape index (κ3) is 6.18. The molecule has 29 heavy (non-hydrogen) atoms. The number of rotatable bonds is 4. The van der Waals surface area contributed by atoms with Gasteiger partial charge in [0.2, 0.25) is 0 Å². The van der Waals surface area contributed by atoms with E-state index in [0.717, 1.165) is 17.9 Å². The Morgan fingerprint density at radius 2 is 1.90 bits per heavy atom. The summed E-state index contributed by atoms with van der Waals surface area (Å²) >= 11 is 6.30. The third-order valence-electron chi connectivity index (χ3n) is 4.67. The largest absolute Gasteiger partial charge is 0.486 e. The molecule has 0 bridgehead atoms. The molecule has 1 aromatic carbocycles. The average molecular weight is 539 g/mol. The summed E-state index contributed by atoms with van der Waals surface area (Å²) in [5.74, 6) is 2.15. The van der Waals surface area contributed by atoms with Gasteiger partial charge >= 0.3 is 6.09 Å². The first-order chi connectivity index (χ1) is 13.6. The summed E-state index contributed by atoms with van der Waals surface area (Å²) in [5.41, 5.74) is 1.07. The number of aliphatic imine (C=N–C) groups is 1. The molecular formula is C19H28ClIN4O4. The minimum atomic E-state index is -0.249. The first-order valence-corrected chi connectivity index (χ1v) is 9.95. The fourth-order valence-electron chi connectivity index (χ4n) is 3.28. The second kappa shape index (κ2) is 11.5. The SMILES string of the molecule is CCOC(=O)N1CCN(C(=NC)NCCc2cc(Cl)c3c(c2)OCCO3)CC1.I. The number of amides is 1. The molecule has 0 aromatic heterocycles. The number of halogens is 2. The van der Waals surface area contributed by atoms with Crippen LogP contribution in [-0.4, -0.2) is 81.4 Å². The highest BCUT2D eigenvalue weighted by molar-refractivity contribution is 14.0. The van der Waals surface area contributed by atoms with E-state index in [4.69, 9.17) is 25.8 Å². The highest BCUT2D eigenvalue weighted by atomic mass is 127. The molecule has 0 unspecified atom stereocenters. The molecule has 1 aromatic rings. The van der Waals surface area contributed by atoms with E-state index in [9.17, 15) is 4.79 Å². The van der Waals surface area contributed by atoms with Crippen LogP contribution >= 0.6 is 35.6 Å². The number of nitrogens with zero attached hydrogens (tertiary/aromatic N) is 3. The lowest BCUT2D eigenvalue weighted by molar-refractivity contribution is 0.0915. The van der Waals surface area contributed by atoms with Crippen molar-refractivity contribution in [1.29, 1.82) is 0 Å². The highest BCUT2D eigenvalue weighted by Gasteiger charge is 2.23. The van der Waals surface area contributed by atoms with Gasteiger partial charge in [0.05, 0.1) is 11.6 Å². The smallest absolute Gasteiger partial charge is 0.409 e. The molecule has 1 amide bonds. The normalized spacial score (nSPS) is 16.2. The number of nitrogens with one attached hydrogen (secondary N) is 1. The molecule has 2 aliphatic heterocycles. The zero-order valence-electron chi connectivity index (χ0n) is 16.8. The predicted molar refractivity (Wildman–Crippen MR) is 123 cm³/mol. The third-order valence-corrected chi connectivity index (χ3v) is 4.95. The molecule has 2 aliphatic rings. The van der Waals surface area contributed by atoms with Crippen LogP contribution in [0.4, 0.5) is 4.79 Å². The van der Waals surface area contributed by atoms with Crippen molar-refractivity contribution in [2.45, 2.75) is 13.3 Å². The van der Waals surface area contributed by atoms with Gasteiger partial charge in [0, 0.05) is 39.8 Å². The molecule has 8 nitrogen and oxygen atoms in total. The summed E-state index contributed by atoms with van der Waals surface area (Å²) in [6.45, 7) is 6.65. The summed E-state index contributed by atoms with van der Waals surface area (Å²) in [6, 6.07) is 3.89. The van der Waals surface area contributed by atoms with Crippen LogP contribution in [0.5, 0.6) is 11.5 Å². The van der Waals surface area contributed by atoms with Crippen molar-refractivity contribution < 1.29 is 19.0 Å². The van der Waals surface area contributed by atoms with Crippen LogP contribution < -0.4 is 14.8 Å². The van der Waals surface area contributed by atoms with Gasteiger partial charge in [0.1, 0.15) is 13.2 Å². The summed E-state index contributed by atoms with van der Waals surface area (Å²) in [4.78, 5) is 20.0. The summed E-state index contributed by atoms with van der Waals surface area (Å²) in [5, 5.41) is 3.96. The Balaban J connectivity index is 0.00000300. The van der Waals surface area contributed by atoms with Crippen molar-refractivity contribution in [2.24, 2.45) is 4.99 Å². The molecule has 10 heteroatoms. The van der Waals surface area contributed by atoms with Gasteiger partial charge in [-0.25, -0.2) is 4.79 Å². The Kier molecular flexibility index (Phi) is 9.41. The molecule has 1 N–H and O–H groups in total.